The van der Waals surface area contributed by atoms with Gasteiger partial charge in [-0.1, -0.05) is 0 Å². The molecule has 4 nitrogen and oxygen atoms in total. The number of hydrogen-bond donors (Lipinski definition) is 2. The molecule has 58 valence electrons. The largest absolute Gasteiger partial charge is 0.394 e. The number of amides is 1. The van der Waals surface area contributed by atoms with E-state index in [0.29, 0.717) is 6.61 Å². The molecule has 0 aromatic heterocycles. The van der Waals surface area contributed by atoms with E-state index in [1.807, 2.05) is 0 Å². The van der Waals surface area contributed by atoms with E-state index in [0.717, 1.165) is 0 Å². The Hall–Kier alpha value is -0.610. The zero-order valence-electron chi connectivity index (χ0n) is 5.89. The smallest absolute Gasteiger partial charge is 0.246 e. The van der Waals surface area contributed by atoms with Crippen molar-refractivity contribution in [3.05, 3.63) is 0 Å². The molecule has 0 spiro atoms. The van der Waals surface area contributed by atoms with E-state index in [1.54, 1.807) is 6.92 Å². The molecule has 0 saturated carbocycles. The van der Waals surface area contributed by atoms with Crippen LogP contribution in [0.2, 0.25) is 0 Å². The summed E-state index contributed by atoms with van der Waals surface area (Å²) in [7, 11) is 0. The van der Waals surface area contributed by atoms with Gasteiger partial charge in [0.15, 0.2) is 0 Å². The lowest BCUT2D eigenvalue weighted by atomic mass is 10.0. The van der Waals surface area contributed by atoms with Crippen LogP contribution in [-0.4, -0.2) is 36.4 Å². The lowest BCUT2D eigenvalue weighted by Crippen LogP contribution is -2.57. The predicted molar refractivity (Wildman–Crippen MR) is 34.5 cm³/mol. The van der Waals surface area contributed by atoms with Gasteiger partial charge in [0.1, 0.15) is 6.61 Å². The fraction of sp³-hybridized carbons (Fsp3) is 0.833. The maximum Gasteiger partial charge on any atom is 0.246 e. The molecule has 0 aromatic rings. The first-order chi connectivity index (χ1) is 4.66. The standard InChI is InChI=1S/C6H11NO3/c1-6(3-8)4-10-2-5(9)7-6/h8H,2-4H2,1H3,(H,7,9)/t6-/m1/s1. The van der Waals surface area contributed by atoms with Crippen molar-refractivity contribution in [2.45, 2.75) is 12.5 Å². The summed E-state index contributed by atoms with van der Waals surface area (Å²) in [5, 5.41) is 11.4. The molecule has 0 bridgehead atoms. The number of carbonyl (C=O) groups excluding carboxylic acids is 1. The third-order valence-electron chi connectivity index (χ3n) is 1.44. The summed E-state index contributed by atoms with van der Waals surface area (Å²) in [6, 6.07) is 0. The molecule has 0 unspecified atom stereocenters. The SMILES string of the molecule is C[C@@]1(CO)COCC(=O)N1. The van der Waals surface area contributed by atoms with Gasteiger partial charge in [-0.15, -0.1) is 0 Å². The average molecular weight is 145 g/mol. The minimum atomic E-state index is -0.574. The van der Waals surface area contributed by atoms with Gasteiger partial charge >= 0.3 is 0 Å². The first-order valence-corrected chi connectivity index (χ1v) is 3.16. The molecule has 1 amide bonds. The van der Waals surface area contributed by atoms with E-state index in [2.05, 4.69) is 5.32 Å². The van der Waals surface area contributed by atoms with Crippen molar-refractivity contribution in [1.29, 1.82) is 0 Å². The highest BCUT2D eigenvalue weighted by Crippen LogP contribution is 2.06. The van der Waals surface area contributed by atoms with E-state index in [-0.39, 0.29) is 19.1 Å². The highest BCUT2D eigenvalue weighted by atomic mass is 16.5. The van der Waals surface area contributed by atoms with Crippen LogP contribution in [0.4, 0.5) is 0 Å². The molecule has 10 heavy (non-hydrogen) atoms. The summed E-state index contributed by atoms with van der Waals surface area (Å²) < 4.78 is 4.92. The van der Waals surface area contributed by atoms with Crippen LogP contribution in [0.25, 0.3) is 0 Å². The second-order valence-corrected chi connectivity index (χ2v) is 2.76. The normalized spacial score (nSPS) is 33.6. The van der Waals surface area contributed by atoms with Gasteiger partial charge < -0.3 is 15.2 Å². The van der Waals surface area contributed by atoms with E-state index in [1.165, 1.54) is 0 Å². The molecule has 1 fully saturated rings. The van der Waals surface area contributed by atoms with Gasteiger partial charge in [-0.05, 0) is 6.92 Å². The Labute approximate surface area is 59.2 Å². The molecule has 1 aliphatic rings. The molecule has 4 heteroatoms. The van der Waals surface area contributed by atoms with Crippen molar-refractivity contribution < 1.29 is 14.6 Å². The van der Waals surface area contributed by atoms with E-state index < -0.39 is 5.54 Å². The third kappa shape index (κ3) is 1.46. The Bertz CT molecular complexity index is 148. The summed E-state index contributed by atoms with van der Waals surface area (Å²) in [4.78, 5) is 10.7. The summed E-state index contributed by atoms with van der Waals surface area (Å²) >= 11 is 0. The number of aliphatic hydroxyl groups is 1. The van der Waals surface area contributed by atoms with Gasteiger partial charge in [0.05, 0.1) is 18.8 Å². The summed E-state index contributed by atoms with van der Waals surface area (Å²) in [6.07, 6.45) is 0. The van der Waals surface area contributed by atoms with Crippen LogP contribution in [-0.2, 0) is 9.53 Å². The van der Waals surface area contributed by atoms with Crippen molar-refractivity contribution in [2.75, 3.05) is 19.8 Å². The average Bonchev–Trinajstić information content (AvgIpc) is 1.88. The number of ether oxygens (including phenoxy) is 1. The Balaban J connectivity index is 2.53. The highest BCUT2D eigenvalue weighted by Gasteiger charge is 2.29. The first kappa shape index (κ1) is 7.50. The van der Waals surface area contributed by atoms with Gasteiger partial charge in [0.25, 0.3) is 0 Å². The first-order valence-electron chi connectivity index (χ1n) is 3.16. The summed E-state index contributed by atoms with van der Waals surface area (Å²) in [5.74, 6) is -0.164. The van der Waals surface area contributed by atoms with Crippen LogP contribution in [0, 0.1) is 0 Å². The molecular weight excluding hydrogens is 134 g/mol. The van der Waals surface area contributed by atoms with Crippen LogP contribution in [0.1, 0.15) is 6.92 Å². The molecule has 0 aliphatic carbocycles. The zero-order valence-corrected chi connectivity index (χ0v) is 5.89. The lowest BCUT2D eigenvalue weighted by molar-refractivity contribution is -0.136. The molecule has 1 rings (SSSR count). The number of aliphatic hydroxyl groups excluding tert-OH is 1. The molecule has 0 radical (unpaired) electrons. The van der Waals surface area contributed by atoms with Crippen molar-refractivity contribution in [1.82, 2.24) is 5.32 Å². The van der Waals surface area contributed by atoms with Crippen LogP contribution >= 0.6 is 0 Å². The monoisotopic (exact) mass is 145 g/mol. The van der Waals surface area contributed by atoms with Crippen LogP contribution in [0.5, 0.6) is 0 Å². The fourth-order valence-electron chi connectivity index (χ4n) is 0.863. The molecule has 1 saturated heterocycles. The molecule has 0 aromatic carbocycles. The molecule has 1 aliphatic heterocycles. The summed E-state index contributed by atoms with van der Waals surface area (Å²) in [6.45, 7) is 2.15. The number of hydrogen-bond acceptors (Lipinski definition) is 3. The van der Waals surface area contributed by atoms with Gasteiger partial charge in [0, 0.05) is 0 Å². The van der Waals surface area contributed by atoms with Crippen LogP contribution in [0.3, 0.4) is 0 Å². The van der Waals surface area contributed by atoms with Crippen LogP contribution < -0.4 is 5.32 Å². The highest BCUT2D eigenvalue weighted by molar-refractivity contribution is 5.78. The Morgan fingerprint density at radius 2 is 2.60 bits per heavy atom. The second kappa shape index (κ2) is 2.56. The number of rotatable bonds is 1. The maximum absolute atomic E-state index is 10.7. The Kier molecular flexibility index (Phi) is 1.92. The predicted octanol–water partition coefficient (Wildman–Crippen LogP) is -1.12. The Morgan fingerprint density at radius 3 is 3.00 bits per heavy atom. The van der Waals surface area contributed by atoms with E-state index in [4.69, 9.17) is 9.84 Å². The fourth-order valence-corrected chi connectivity index (χ4v) is 0.863. The van der Waals surface area contributed by atoms with Gasteiger partial charge in [0.2, 0.25) is 5.91 Å². The minimum absolute atomic E-state index is 0.0846. The van der Waals surface area contributed by atoms with Crippen LogP contribution in [0.15, 0.2) is 0 Å². The van der Waals surface area contributed by atoms with E-state index >= 15 is 0 Å². The molecule has 1 heterocycles. The van der Waals surface area contributed by atoms with Gasteiger partial charge in [-0.3, -0.25) is 4.79 Å². The lowest BCUT2D eigenvalue weighted by Gasteiger charge is -2.32. The van der Waals surface area contributed by atoms with Crippen molar-refractivity contribution in [3.8, 4) is 0 Å². The van der Waals surface area contributed by atoms with Gasteiger partial charge in [-0.2, -0.15) is 0 Å². The zero-order chi connectivity index (χ0) is 7.61. The number of nitrogens with one attached hydrogen (secondary N) is 1. The van der Waals surface area contributed by atoms with Crippen molar-refractivity contribution in [2.24, 2.45) is 0 Å². The van der Waals surface area contributed by atoms with E-state index in [9.17, 15) is 4.79 Å². The second-order valence-electron chi connectivity index (χ2n) is 2.76. The molecular formula is C6H11NO3. The Morgan fingerprint density at radius 1 is 1.90 bits per heavy atom. The van der Waals surface area contributed by atoms with Crippen molar-refractivity contribution >= 4 is 5.91 Å². The topological polar surface area (TPSA) is 58.6 Å². The summed E-state index contributed by atoms with van der Waals surface area (Å²) in [5.41, 5.74) is -0.574. The number of morpholine rings is 1. The third-order valence-corrected chi connectivity index (χ3v) is 1.44. The number of carbonyl (C=O) groups is 1. The van der Waals surface area contributed by atoms with Gasteiger partial charge in [-0.25, -0.2) is 0 Å². The maximum atomic E-state index is 10.7. The van der Waals surface area contributed by atoms with Crippen molar-refractivity contribution in [3.63, 3.8) is 0 Å². The minimum Gasteiger partial charge on any atom is -0.394 e. The molecule has 2 N–H and O–H groups in total. The molecule has 1 atom stereocenters. The quantitative estimate of drug-likeness (QED) is 0.491.